The molecule has 0 unspecified atom stereocenters. The third kappa shape index (κ3) is 3.00. The molecule has 0 radical (unpaired) electrons. The van der Waals surface area contributed by atoms with E-state index >= 15 is 0 Å². The van der Waals surface area contributed by atoms with Crippen molar-refractivity contribution in [1.29, 1.82) is 0 Å². The molecule has 0 bridgehead atoms. The van der Waals surface area contributed by atoms with Crippen LogP contribution in [0.3, 0.4) is 0 Å². The van der Waals surface area contributed by atoms with E-state index in [9.17, 15) is 0 Å². The van der Waals surface area contributed by atoms with Crippen molar-refractivity contribution in [3.63, 3.8) is 0 Å². The van der Waals surface area contributed by atoms with Gasteiger partial charge in [-0.15, -0.1) is 0 Å². The molecule has 0 amide bonds. The third-order valence-electron chi connectivity index (χ3n) is 2.55. The van der Waals surface area contributed by atoms with E-state index in [4.69, 9.17) is 4.74 Å². The quantitative estimate of drug-likeness (QED) is 0.859. The summed E-state index contributed by atoms with van der Waals surface area (Å²) in [7, 11) is 2.04. The number of hydrogen-bond acceptors (Lipinski definition) is 3. The van der Waals surface area contributed by atoms with Crippen molar-refractivity contribution in [2.75, 3.05) is 11.9 Å². The zero-order valence-electron chi connectivity index (χ0n) is 10.2. The average molecular weight is 231 g/mol. The van der Waals surface area contributed by atoms with E-state index in [1.165, 1.54) is 5.69 Å². The number of rotatable bonds is 5. The first kappa shape index (κ1) is 11.5. The molecule has 0 aliphatic rings. The molecule has 1 N–H and O–H groups in total. The van der Waals surface area contributed by atoms with E-state index in [0.29, 0.717) is 12.5 Å². The first-order valence-corrected chi connectivity index (χ1v) is 5.72. The molecular weight excluding hydrogens is 214 g/mol. The lowest BCUT2D eigenvalue weighted by Crippen LogP contribution is -2.04. The molecule has 90 valence electrons. The zero-order chi connectivity index (χ0) is 12.1. The monoisotopic (exact) mass is 231 g/mol. The fourth-order valence-electron chi connectivity index (χ4n) is 1.59. The molecule has 0 saturated carbocycles. The summed E-state index contributed by atoms with van der Waals surface area (Å²) in [4.78, 5) is 4.20. The van der Waals surface area contributed by atoms with Gasteiger partial charge in [0.25, 0.3) is 0 Å². The van der Waals surface area contributed by atoms with E-state index in [-0.39, 0.29) is 0 Å². The van der Waals surface area contributed by atoms with Crippen molar-refractivity contribution in [3.8, 4) is 5.88 Å². The average Bonchev–Trinajstić information content (AvgIpc) is 2.75. The maximum Gasteiger partial charge on any atom is 0.213 e. The predicted molar refractivity (Wildman–Crippen MR) is 68.1 cm³/mol. The third-order valence-corrected chi connectivity index (χ3v) is 2.55. The lowest BCUT2D eigenvalue weighted by atomic mass is 10.3. The largest absolute Gasteiger partial charge is 0.478 e. The SMILES string of the molecule is CCOc1ccc(NCc2cccn2C)cn1. The van der Waals surface area contributed by atoms with Gasteiger partial charge >= 0.3 is 0 Å². The normalized spacial score (nSPS) is 10.2. The van der Waals surface area contributed by atoms with Crippen molar-refractivity contribution in [3.05, 3.63) is 42.4 Å². The zero-order valence-corrected chi connectivity index (χ0v) is 10.2. The maximum absolute atomic E-state index is 5.29. The highest BCUT2D eigenvalue weighted by atomic mass is 16.5. The Hall–Kier alpha value is -1.97. The van der Waals surface area contributed by atoms with Gasteiger partial charge in [0.2, 0.25) is 5.88 Å². The van der Waals surface area contributed by atoms with Gasteiger partial charge < -0.3 is 14.6 Å². The molecule has 0 atom stereocenters. The van der Waals surface area contributed by atoms with Crippen LogP contribution in [0, 0.1) is 0 Å². The Morgan fingerprint density at radius 2 is 2.24 bits per heavy atom. The molecule has 2 aromatic rings. The van der Waals surface area contributed by atoms with E-state index in [2.05, 4.69) is 20.9 Å². The summed E-state index contributed by atoms with van der Waals surface area (Å²) in [5, 5.41) is 3.32. The number of aryl methyl sites for hydroxylation is 1. The van der Waals surface area contributed by atoms with Gasteiger partial charge in [-0.3, -0.25) is 0 Å². The highest BCUT2D eigenvalue weighted by molar-refractivity contribution is 5.42. The van der Waals surface area contributed by atoms with Gasteiger partial charge in [-0.05, 0) is 25.1 Å². The molecule has 4 heteroatoms. The van der Waals surface area contributed by atoms with Crippen LogP contribution in [0.4, 0.5) is 5.69 Å². The predicted octanol–water partition coefficient (Wildman–Crippen LogP) is 2.43. The number of anilines is 1. The second kappa shape index (κ2) is 5.39. The minimum absolute atomic E-state index is 0.642. The van der Waals surface area contributed by atoms with E-state index < -0.39 is 0 Å². The lowest BCUT2D eigenvalue weighted by Gasteiger charge is -2.08. The van der Waals surface area contributed by atoms with Gasteiger partial charge in [0, 0.05) is 25.0 Å². The van der Waals surface area contributed by atoms with Crippen molar-refractivity contribution in [2.24, 2.45) is 7.05 Å². The lowest BCUT2D eigenvalue weighted by molar-refractivity contribution is 0.327. The standard InChI is InChI=1S/C13H17N3O/c1-3-17-13-7-6-11(9-15-13)14-10-12-5-4-8-16(12)2/h4-9,14H,3,10H2,1-2H3. The minimum atomic E-state index is 0.642. The second-order valence-corrected chi connectivity index (χ2v) is 3.78. The summed E-state index contributed by atoms with van der Waals surface area (Å²) in [6, 6.07) is 7.97. The van der Waals surface area contributed by atoms with Gasteiger partial charge in [-0.2, -0.15) is 0 Å². The fourth-order valence-corrected chi connectivity index (χ4v) is 1.59. The second-order valence-electron chi connectivity index (χ2n) is 3.78. The molecule has 17 heavy (non-hydrogen) atoms. The molecule has 0 spiro atoms. The fraction of sp³-hybridized carbons (Fsp3) is 0.308. The molecule has 0 saturated heterocycles. The van der Waals surface area contributed by atoms with Gasteiger partial charge in [-0.1, -0.05) is 0 Å². The van der Waals surface area contributed by atoms with Crippen LogP contribution < -0.4 is 10.1 Å². The first-order valence-electron chi connectivity index (χ1n) is 5.72. The van der Waals surface area contributed by atoms with Crippen LogP contribution >= 0.6 is 0 Å². The Morgan fingerprint density at radius 3 is 2.82 bits per heavy atom. The Labute approximate surface area is 101 Å². The van der Waals surface area contributed by atoms with Crippen LogP contribution in [0.2, 0.25) is 0 Å². The molecule has 0 aromatic carbocycles. The van der Waals surface area contributed by atoms with Crippen molar-refractivity contribution < 1.29 is 4.74 Å². The molecule has 2 heterocycles. The highest BCUT2D eigenvalue weighted by Crippen LogP contribution is 2.12. The molecule has 4 nitrogen and oxygen atoms in total. The highest BCUT2D eigenvalue weighted by Gasteiger charge is 1.98. The number of aromatic nitrogens is 2. The van der Waals surface area contributed by atoms with Crippen LogP contribution in [0.15, 0.2) is 36.7 Å². The summed E-state index contributed by atoms with van der Waals surface area (Å²) >= 11 is 0. The van der Waals surface area contributed by atoms with Crippen LogP contribution in [0.1, 0.15) is 12.6 Å². The Balaban J connectivity index is 1.93. The summed E-state index contributed by atoms with van der Waals surface area (Å²) < 4.78 is 7.38. The molecule has 0 fully saturated rings. The first-order chi connectivity index (χ1) is 8.29. The molecule has 0 aliphatic carbocycles. The van der Waals surface area contributed by atoms with Crippen LogP contribution in [-0.4, -0.2) is 16.2 Å². The molecule has 0 aliphatic heterocycles. The number of nitrogens with zero attached hydrogens (tertiary/aromatic N) is 2. The Bertz CT molecular complexity index is 462. The molecule has 2 aromatic heterocycles. The Kier molecular flexibility index (Phi) is 3.65. The maximum atomic E-state index is 5.29. The number of hydrogen-bond donors (Lipinski definition) is 1. The van der Waals surface area contributed by atoms with Gasteiger partial charge in [0.05, 0.1) is 25.0 Å². The smallest absolute Gasteiger partial charge is 0.213 e. The van der Waals surface area contributed by atoms with Gasteiger partial charge in [0.1, 0.15) is 0 Å². The van der Waals surface area contributed by atoms with Crippen LogP contribution in [0.25, 0.3) is 0 Å². The summed E-state index contributed by atoms with van der Waals surface area (Å²) in [5.41, 5.74) is 2.23. The summed E-state index contributed by atoms with van der Waals surface area (Å²) in [5.74, 6) is 0.664. The van der Waals surface area contributed by atoms with Crippen molar-refractivity contribution >= 4 is 5.69 Å². The number of pyridine rings is 1. The molecule has 2 rings (SSSR count). The van der Waals surface area contributed by atoms with Crippen LogP contribution in [0.5, 0.6) is 5.88 Å². The van der Waals surface area contributed by atoms with Gasteiger partial charge in [0.15, 0.2) is 0 Å². The Morgan fingerprint density at radius 1 is 1.35 bits per heavy atom. The van der Waals surface area contributed by atoms with E-state index in [1.54, 1.807) is 6.20 Å². The van der Waals surface area contributed by atoms with Gasteiger partial charge in [-0.25, -0.2) is 4.98 Å². The van der Waals surface area contributed by atoms with E-state index in [1.807, 2.05) is 38.4 Å². The summed E-state index contributed by atoms with van der Waals surface area (Å²) in [6.45, 7) is 3.38. The van der Waals surface area contributed by atoms with Crippen LogP contribution in [-0.2, 0) is 13.6 Å². The topological polar surface area (TPSA) is 39.1 Å². The van der Waals surface area contributed by atoms with E-state index in [0.717, 1.165) is 12.2 Å². The molecular formula is C13H17N3O. The number of nitrogens with one attached hydrogen (secondary N) is 1. The van der Waals surface area contributed by atoms with Crippen molar-refractivity contribution in [1.82, 2.24) is 9.55 Å². The van der Waals surface area contributed by atoms with Crippen molar-refractivity contribution in [2.45, 2.75) is 13.5 Å². The summed E-state index contributed by atoms with van der Waals surface area (Å²) in [6.07, 6.45) is 3.82. The number of ether oxygens (including phenoxy) is 1. The minimum Gasteiger partial charge on any atom is -0.478 e.